The summed E-state index contributed by atoms with van der Waals surface area (Å²) < 4.78 is 5.44. The van der Waals surface area contributed by atoms with Crippen molar-refractivity contribution in [1.29, 1.82) is 0 Å². The van der Waals surface area contributed by atoms with Gasteiger partial charge in [0.1, 0.15) is 5.75 Å². The first-order chi connectivity index (χ1) is 11.0. The van der Waals surface area contributed by atoms with Gasteiger partial charge in [-0.25, -0.2) is 5.43 Å². The van der Waals surface area contributed by atoms with Crippen LogP contribution in [0.15, 0.2) is 41.5 Å². The molecule has 2 aromatic rings. The molecule has 0 bridgehead atoms. The van der Waals surface area contributed by atoms with Crippen LogP contribution in [-0.4, -0.2) is 18.7 Å². The van der Waals surface area contributed by atoms with E-state index in [0.717, 1.165) is 11.1 Å². The number of benzene rings is 2. The van der Waals surface area contributed by atoms with E-state index >= 15 is 0 Å². The van der Waals surface area contributed by atoms with Crippen LogP contribution in [-0.2, 0) is 4.79 Å². The molecule has 0 unspecified atom stereocenters. The summed E-state index contributed by atoms with van der Waals surface area (Å²) in [6, 6.07) is 10.9. The minimum atomic E-state index is -0.372. The van der Waals surface area contributed by atoms with Crippen molar-refractivity contribution < 1.29 is 9.53 Å². The Hall–Kier alpha value is -2.04. The molecule has 2 aromatic carbocycles. The number of hydrogen-bond acceptors (Lipinski definition) is 3. The fourth-order valence-electron chi connectivity index (χ4n) is 2.00. The molecule has 0 fully saturated rings. The molecule has 1 N–H and O–H groups in total. The van der Waals surface area contributed by atoms with Gasteiger partial charge < -0.3 is 4.74 Å². The van der Waals surface area contributed by atoms with E-state index in [4.69, 9.17) is 27.9 Å². The summed E-state index contributed by atoms with van der Waals surface area (Å²) >= 11 is 12.0. The number of amides is 1. The highest BCUT2D eigenvalue weighted by Gasteiger charge is 2.04. The van der Waals surface area contributed by atoms with Crippen molar-refractivity contribution in [3.63, 3.8) is 0 Å². The quantitative estimate of drug-likeness (QED) is 0.650. The van der Waals surface area contributed by atoms with Gasteiger partial charge in [-0.15, -0.1) is 0 Å². The lowest BCUT2D eigenvalue weighted by Gasteiger charge is -2.07. The maximum atomic E-state index is 11.7. The second-order valence-corrected chi connectivity index (χ2v) is 5.86. The van der Waals surface area contributed by atoms with E-state index in [1.54, 1.807) is 18.2 Å². The minimum absolute atomic E-state index is 0.128. The van der Waals surface area contributed by atoms with Gasteiger partial charge >= 0.3 is 0 Å². The van der Waals surface area contributed by atoms with Crippen LogP contribution < -0.4 is 10.2 Å². The van der Waals surface area contributed by atoms with E-state index in [9.17, 15) is 4.79 Å². The highest BCUT2D eigenvalue weighted by atomic mass is 35.5. The van der Waals surface area contributed by atoms with Gasteiger partial charge in [0.25, 0.3) is 5.91 Å². The Balaban J connectivity index is 1.89. The molecule has 0 radical (unpaired) electrons. The zero-order chi connectivity index (χ0) is 16.8. The van der Waals surface area contributed by atoms with Crippen molar-refractivity contribution in [2.24, 2.45) is 5.10 Å². The first kappa shape index (κ1) is 17.3. The molecule has 0 aliphatic carbocycles. The second kappa shape index (κ2) is 7.99. The summed E-state index contributed by atoms with van der Waals surface area (Å²) in [4.78, 5) is 11.7. The van der Waals surface area contributed by atoms with Crippen LogP contribution in [0.1, 0.15) is 16.7 Å². The lowest BCUT2D eigenvalue weighted by molar-refractivity contribution is -0.123. The van der Waals surface area contributed by atoms with Gasteiger partial charge in [0, 0.05) is 5.56 Å². The summed E-state index contributed by atoms with van der Waals surface area (Å²) in [5.41, 5.74) is 5.07. The second-order valence-electron chi connectivity index (χ2n) is 5.04. The fraction of sp³-hybridized carbons (Fsp3) is 0.176. The monoisotopic (exact) mass is 350 g/mol. The molecule has 2 rings (SSSR count). The number of nitrogens with one attached hydrogen (secondary N) is 1. The van der Waals surface area contributed by atoms with Crippen molar-refractivity contribution in [3.8, 4) is 5.75 Å². The molecular formula is C17H16Cl2N2O2. The normalized spacial score (nSPS) is 10.8. The number of rotatable bonds is 5. The highest BCUT2D eigenvalue weighted by Crippen LogP contribution is 2.22. The van der Waals surface area contributed by atoms with Crippen molar-refractivity contribution in [1.82, 2.24) is 5.43 Å². The third-order valence-corrected chi connectivity index (χ3v) is 3.61. The molecule has 6 heteroatoms. The molecule has 0 spiro atoms. The minimum Gasteiger partial charge on any atom is -0.484 e. The molecule has 4 nitrogen and oxygen atoms in total. The van der Waals surface area contributed by atoms with Crippen molar-refractivity contribution in [2.75, 3.05) is 6.61 Å². The Morgan fingerprint density at radius 3 is 2.39 bits per heavy atom. The predicted molar refractivity (Wildman–Crippen MR) is 93.6 cm³/mol. The zero-order valence-corrected chi connectivity index (χ0v) is 14.3. The molecule has 0 heterocycles. The van der Waals surface area contributed by atoms with Gasteiger partial charge in [-0.3, -0.25) is 4.79 Å². The van der Waals surface area contributed by atoms with Crippen LogP contribution in [0.25, 0.3) is 0 Å². The Morgan fingerprint density at radius 2 is 1.78 bits per heavy atom. The zero-order valence-electron chi connectivity index (χ0n) is 12.8. The van der Waals surface area contributed by atoms with Crippen LogP contribution in [0.4, 0.5) is 0 Å². The smallest absolute Gasteiger partial charge is 0.277 e. The lowest BCUT2D eigenvalue weighted by Crippen LogP contribution is -2.24. The van der Waals surface area contributed by atoms with Crippen molar-refractivity contribution >= 4 is 35.3 Å². The number of nitrogens with zero attached hydrogens (tertiary/aromatic N) is 1. The number of aryl methyl sites for hydroxylation is 2. The Kier molecular flexibility index (Phi) is 6.02. The third-order valence-electron chi connectivity index (χ3n) is 2.95. The standard InChI is InChI=1S/C17H16Cl2N2O2/c1-11-6-12(2)8-13(7-11)23-10-17(22)21-20-9-14-15(18)4-3-5-16(14)19/h3-9H,10H2,1-2H3,(H,21,22)/b20-9-. The highest BCUT2D eigenvalue weighted by molar-refractivity contribution is 6.38. The molecule has 1 amide bonds. The molecule has 0 saturated heterocycles. The van der Waals surface area contributed by atoms with E-state index in [1.165, 1.54) is 6.21 Å². The van der Waals surface area contributed by atoms with Gasteiger partial charge in [-0.2, -0.15) is 5.10 Å². The van der Waals surface area contributed by atoms with Crippen LogP contribution in [0.2, 0.25) is 10.0 Å². The molecule has 0 atom stereocenters. The van der Waals surface area contributed by atoms with Gasteiger partial charge in [-0.05, 0) is 49.2 Å². The largest absolute Gasteiger partial charge is 0.484 e. The Labute approximate surface area is 145 Å². The Morgan fingerprint density at radius 1 is 1.17 bits per heavy atom. The van der Waals surface area contributed by atoms with E-state index in [0.29, 0.717) is 21.4 Å². The SMILES string of the molecule is Cc1cc(C)cc(OCC(=O)N/N=C\c2c(Cl)cccc2Cl)c1. The van der Waals surface area contributed by atoms with E-state index in [2.05, 4.69) is 10.5 Å². The van der Waals surface area contributed by atoms with Crippen molar-refractivity contribution in [2.45, 2.75) is 13.8 Å². The molecular weight excluding hydrogens is 335 g/mol. The van der Waals surface area contributed by atoms with Crippen LogP contribution >= 0.6 is 23.2 Å². The van der Waals surface area contributed by atoms with Crippen LogP contribution in [0, 0.1) is 13.8 Å². The van der Waals surface area contributed by atoms with E-state index in [-0.39, 0.29) is 12.5 Å². The average Bonchev–Trinajstić information content (AvgIpc) is 2.47. The summed E-state index contributed by atoms with van der Waals surface area (Å²) in [6.07, 6.45) is 1.40. The number of hydrogen-bond donors (Lipinski definition) is 1. The average molecular weight is 351 g/mol. The van der Waals surface area contributed by atoms with Crippen molar-refractivity contribution in [3.05, 3.63) is 63.1 Å². The fourth-order valence-corrected chi connectivity index (χ4v) is 2.50. The number of halogens is 2. The van der Waals surface area contributed by atoms with E-state index < -0.39 is 0 Å². The van der Waals surface area contributed by atoms with Gasteiger partial charge in [0.15, 0.2) is 6.61 Å². The number of carbonyl (C=O) groups is 1. The maximum absolute atomic E-state index is 11.7. The predicted octanol–water partition coefficient (Wildman–Crippen LogP) is 4.14. The van der Waals surface area contributed by atoms with Gasteiger partial charge in [-0.1, -0.05) is 35.3 Å². The van der Waals surface area contributed by atoms with Crippen LogP contribution in [0.5, 0.6) is 5.75 Å². The third kappa shape index (κ3) is 5.27. The molecule has 120 valence electrons. The van der Waals surface area contributed by atoms with E-state index in [1.807, 2.05) is 32.0 Å². The number of hydrazone groups is 1. The molecule has 23 heavy (non-hydrogen) atoms. The van der Waals surface area contributed by atoms with Gasteiger partial charge in [0.2, 0.25) is 0 Å². The molecule has 0 aliphatic rings. The topological polar surface area (TPSA) is 50.7 Å². The summed E-state index contributed by atoms with van der Waals surface area (Å²) in [5.74, 6) is 0.277. The first-order valence-electron chi connectivity index (χ1n) is 6.92. The van der Waals surface area contributed by atoms with Gasteiger partial charge in [0.05, 0.1) is 16.3 Å². The summed E-state index contributed by atoms with van der Waals surface area (Å²) in [6.45, 7) is 3.81. The molecule has 0 aromatic heterocycles. The Bertz CT molecular complexity index is 705. The molecule has 0 saturated carbocycles. The first-order valence-corrected chi connectivity index (χ1v) is 7.68. The number of carbonyl (C=O) groups excluding carboxylic acids is 1. The lowest BCUT2D eigenvalue weighted by atomic mass is 10.1. The molecule has 0 aliphatic heterocycles. The number of ether oxygens (including phenoxy) is 1. The van der Waals surface area contributed by atoms with Crippen LogP contribution in [0.3, 0.4) is 0 Å². The summed E-state index contributed by atoms with van der Waals surface area (Å²) in [7, 11) is 0. The maximum Gasteiger partial charge on any atom is 0.277 e. The summed E-state index contributed by atoms with van der Waals surface area (Å²) in [5, 5.41) is 4.76.